The second kappa shape index (κ2) is 9.43. The van der Waals surface area contributed by atoms with Crippen molar-refractivity contribution in [2.45, 2.75) is 33.7 Å². The Morgan fingerprint density at radius 3 is 2.61 bits per heavy atom. The van der Waals surface area contributed by atoms with Gasteiger partial charge in [0.25, 0.3) is 5.91 Å². The first kappa shape index (κ1) is 20.0. The standard InChI is InChI=1S/C20H30N6O2/c1-4-21-20(22-8-6-9-26-17(3)15-16(2)23-26)25-12-10-24(11-13-25)19(27)18-7-5-14-28-18/h5,7,14-15H,4,6,8-13H2,1-3H3,(H,21,22). The molecule has 0 radical (unpaired) electrons. The van der Waals surface area contributed by atoms with E-state index in [1.54, 1.807) is 12.1 Å². The maximum absolute atomic E-state index is 12.4. The number of hydrogen-bond acceptors (Lipinski definition) is 4. The van der Waals surface area contributed by atoms with E-state index in [2.05, 4.69) is 35.2 Å². The van der Waals surface area contributed by atoms with Crippen LogP contribution >= 0.6 is 0 Å². The van der Waals surface area contributed by atoms with Crippen LogP contribution in [0.3, 0.4) is 0 Å². The van der Waals surface area contributed by atoms with Gasteiger partial charge < -0.3 is 19.5 Å². The molecule has 0 unspecified atom stereocenters. The van der Waals surface area contributed by atoms with E-state index < -0.39 is 0 Å². The number of aliphatic imine (C=N–C) groups is 1. The van der Waals surface area contributed by atoms with Gasteiger partial charge in [0, 0.05) is 51.5 Å². The first-order chi connectivity index (χ1) is 13.6. The molecule has 1 N–H and O–H groups in total. The molecule has 1 saturated heterocycles. The summed E-state index contributed by atoms with van der Waals surface area (Å²) in [5.74, 6) is 1.27. The molecule has 1 aliphatic rings. The van der Waals surface area contributed by atoms with Crippen molar-refractivity contribution in [3.8, 4) is 0 Å². The van der Waals surface area contributed by atoms with Gasteiger partial charge in [-0.25, -0.2) is 0 Å². The number of furan rings is 1. The summed E-state index contributed by atoms with van der Waals surface area (Å²) >= 11 is 0. The number of aryl methyl sites for hydroxylation is 3. The summed E-state index contributed by atoms with van der Waals surface area (Å²) in [6.45, 7) is 11.4. The van der Waals surface area contributed by atoms with Crippen LogP contribution in [0.1, 0.15) is 35.3 Å². The van der Waals surface area contributed by atoms with Crippen LogP contribution in [0.25, 0.3) is 0 Å². The fourth-order valence-corrected chi connectivity index (χ4v) is 3.41. The third-order valence-electron chi connectivity index (χ3n) is 4.83. The quantitative estimate of drug-likeness (QED) is 0.466. The zero-order chi connectivity index (χ0) is 19.9. The summed E-state index contributed by atoms with van der Waals surface area (Å²) < 4.78 is 7.26. The Labute approximate surface area is 166 Å². The van der Waals surface area contributed by atoms with Gasteiger partial charge in [0.15, 0.2) is 11.7 Å². The first-order valence-electron chi connectivity index (χ1n) is 9.95. The minimum atomic E-state index is -0.0449. The summed E-state index contributed by atoms with van der Waals surface area (Å²) in [6, 6.07) is 5.55. The molecule has 8 nitrogen and oxygen atoms in total. The molecule has 1 amide bonds. The topological polar surface area (TPSA) is 78.9 Å². The van der Waals surface area contributed by atoms with Crippen molar-refractivity contribution in [2.24, 2.45) is 4.99 Å². The molecule has 0 saturated carbocycles. The minimum absolute atomic E-state index is 0.0449. The van der Waals surface area contributed by atoms with Gasteiger partial charge in [-0.2, -0.15) is 5.10 Å². The van der Waals surface area contributed by atoms with Crippen molar-refractivity contribution in [3.05, 3.63) is 41.6 Å². The molecule has 0 aromatic carbocycles. The number of guanidine groups is 1. The molecular weight excluding hydrogens is 356 g/mol. The molecule has 1 aliphatic heterocycles. The largest absolute Gasteiger partial charge is 0.459 e. The number of aromatic nitrogens is 2. The molecule has 0 atom stereocenters. The highest BCUT2D eigenvalue weighted by Gasteiger charge is 2.25. The number of rotatable bonds is 6. The highest BCUT2D eigenvalue weighted by atomic mass is 16.3. The lowest BCUT2D eigenvalue weighted by Gasteiger charge is -2.36. The number of carbonyl (C=O) groups is 1. The van der Waals surface area contributed by atoms with E-state index in [-0.39, 0.29) is 5.91 Å². The number of nitrogens with one attached hydrogen (secondary N) is 1. The van der Waals surface area contributed by atoms with Gasteiger partial charge in [-0.1, -0.05) is 0 Å². The van der Waals surface area contributed by atoms with Gasteiger partial charge in [-0.3, -0.25) is 14.5 Å². The Morgan fingerprint density at radius 1 is 1.25 bits per heavy atom. The van der Waals surface area contributed by atoms with Gasteiger partial charge in [-0.05, 0) is 45.4 Å². The van der Waals surface area contributed by atoms with Crippen LogP contribution in [0.4, 0.5) is 0 Å². The van der Waals surface area contributed by atoms with Crippen molar-refractivity contribution in [1.29, 1.82) is 0 Å². The van der Waals surface area contributed by atoms with Gasteiger partial charge in [0.1, 0.15) is 0 Å². The second-order valence-corrected chi connectivity index (χ2v) is 7.00. The smallest absolute Gasteiger partial charge is 0.289 e. The van der Waals surface area contributed by atoms with Gasteiger partial charge in [0.05, 0.1) is 12.0 Å². The van der Waals surface area contributed by atoms with Crippen molar-refractivity contribution in [3.63, 3.8) is 0 Å². The van der Waals surface area contributed by atoms with Crippen LogP contribution in [0.5, 0.6) is 0 Å². The number of carbonyl (C=O) groups excluding carboxylic acids is 1. The van der Waals surface area contributed by atoms with Gasteiger partial charge >= 0.3 is 0 Å². The lowest BCUT2D eigenvalue weighted by Crippen LogP contribution is -2.53. The van der Waals surface area contributed by atoms with Crippen LogP contribution in [0.15, 0.2) is 33.9 Å². The summed E-state index contributed by atoms with van der Waals surface area (Å²) in [5, 5.41) is 7.87. The normalized spacial score (nSPS) is 15.2. The number of nitrogens with zero attached hydrogens (tertiary/aromatic N) is 5. The second-order valence-electron chi connectivity index (χ2n) is 7.00. The minimum Gasteiger partial charge on any atom is -0.459 e. The Morgan fingerprint density at radius 2 is 2.00 bits per heavy atom. The third-order valence-corrected chi connectivity index (χ3v) is 4.83. The zero-order valence-corrected chi connectivity index (χ0v) is 17.0. The summed E-state index contributed by atoms with van der Waals surface area (Å²) in [7, 11) is 0. The third kappa shape index (κ3) is 4.94. The van der Waals surface area contributed by atoms with Crippen LogP contribution in [-0.4, -0.2) is 70.7 Å². The van der Waals surface area contributed by atoms with Crippen LogP contribution in [0.2, 0.25) is 0 Å². The predicted molar refractivity (Wildman–Crippen MR) is 108 cm³/mol. The van der Waals surface area contributed by atoms with Crippen molar-refractivity contribution < 1.29 is 9.21 Å². The van der Waals surface area contributed by atoms with E-state index >= 15 is 0 Å². The fraction of sp³-hybridized carbons (Fsp3) is 0.550. The van der Waals surface area contributed by atoms with Gasteiger partial charge in [0.2, 0.25) is 0 Å². The Balaban J connectivity index is 1.50. The zero-order valence-electron chi connectivity index (χ0n) is 17.0. The van der Waals surface area contributed by atoms with E-state index in [1.807, 2.05) is 16.5 Å². The molecule has 0 spiro atoms. The fourth-order valence-electron chi connectivity index (χ4n) is 3.41. The van der Waals surface area contributed by atoms with E-state index in [4.69, 9.17) is 9.41 Å². The van der Waals surface area contributed by atoms with Crippen LogP contribution < -0.4 is 5.32 Å². The maximum Gasteiger partial charge on any atom is 0.289 e. The maximum atomic E-state index is 12.4. The van der Waals surface area contributed by atoms with E-state index in [9.17, 15) is 4.79 Å². The molecule has 1 fully saturated rings. The highest BCUT2D eigenvalue weighted by molar-refractivity contribution is 5.91. The summed E-state index contributed by atoms with van der Waals surface area (Å²) in [6.07, 6.45) is 2.47. The molecule has 8 heteroatoms. The highest BCUT2D eigenvalue weighted by Crippen LogP contribution is 2.10. The lowest BCUT2D eigenvalue weighted by atomic mass is 10.3. The van der Waals surface area contributed by atoms with Crippen molar-refractivity contribution in [1.82, 2.24) is 24.9 Å². The molecule has 3 heterocycles. The molecule has 28 heavy (non-hydrogen) atoms. The predicted octanol–water partition coefficient (Wildman–Crippen LogP) is 1.91. The van der Waals surface area contributed by atoms with E-state index in [0.717, 1.165) is 50.8 Å². The Hall–Kier alpha value is -2.77. The summed E-state index contributed by atoms with van der Waals surface area (Å²) in [5.41, 5.74) is 2.24. The SMILES string of the molecule is CCNC(=NCCCn1nc(C)cc1C)N1CCN(C(=O)c2ccco2)CC1. The number of hydrogen-bond donors (Lipinski definition) is 1. The van der Waals surface area contributed by atoms with Gasteiger partial charge in [-0.15, -0.1) is 0 Å². The molecule has 0 bridgehead atoms. The molecular formula is C20H30N6O2. The molecule has 0 aliphatic carbocycles. The Bertz CT molecular complexity index is 788. The molecule has 2 aromatic heterocycles. The molecule has 3 rings (SSSR count). The van der Waals surface area contributed by atoms with Crippen molar-refractivity contribution >= 4 is 11.9 Å². The molecule has 152 valence electrons. The first-order valence-corrected chi connectivity index (χ1v) is 9.95. The van der Waals surface area contributed by atoms with E-state index in [1.165, 1.54) is 12.0 Å². The average molecular weight is 387 g/mol. The van der Waals surface area contributed by atoms with Crippen LogP contribution in [-0.2, 0) is 6.54 Å². The lowest BCUT2D eigenvalue weighted by molar-refractivity contribution is 0.0657. The number of piperazine rings is 1. The molecule has 2 aromatic rings. The monoisotopic (exact) mass is 386 g/mol. The van der Waals surface area contributed by atoms with E-state index in [0.29, 0.717) is 18.8 Å². The number of amides is 1. The Kier molecular flexibility index (Phi) is 6.73. The van der Waals surface area contributed by atoms with Crippen molar-refractivity contribution in [2.75, 3.05) is 39.3 Å². The summed E-state index contributed by atoms with van der Waals surface area (Å²) in [4.78, 5) is 21.2. The average Bonchev–Trinajstić information content (AvgIpc) is 3.33. The van der Waals surface area contributed by atoms with Crippen LogP contribution in [0, 0.1) is 13.8 Å².